The number of aryl methyl sites for hydroxylation is 1. The van der Waals surface area contributed by atoms with Crippen molar-refractivity contribution in [1.29, 1.82) is 0 Å². The van der Waals surface area contributed by atoms with Gasteiger partial charge in [0.1, 0.15) is 12.6 Å². The molecule has 3 aromatic rings. The predicted octanol–water partition coefficient (Wildman–Crippen LogP) is 4.40. The van der Waals surface area contributed by atoms with Crippen LogP contribution in [-0.4, -0.2) is 44.8 Å². The van der Waals surface area contributed by atoms with Gasteiger partial charge in [-0.15, -0.1) is 0 Å². The van der Waals surface area contributed by atoms with Crippen LogP contribution in [0.3, 0.4) is 0 Å². The summed E-state index contributed by atoms with van der Waals surface area (Å²) in [4.78, 5) is 28.0. The van der Waals surface area contributed by atoms with E-state index < -0.39 is 28.5 Å². The maximum atomic E-state index is 13.8. The molecule has 3 rings (SSSR count). The summed E-state index contributed by atoms with van der Waals surface area (Å²) < 4.78 is 28.6. The molecule has 0 fully saturated rings. The number of likely N-dealkylation sites (N-methyl/N-ethyl adjacent to an activating group) is 1. The lowest BCUT2D eigenvalue weighted by Crippen LogP contribution is -2.51. The smallest absolute Gasteiger partial charge is 0.264 e. The van der Waals surface area contributed by atoms with Crippen molar-refractivity contribution in [2.45, 2.75) is 37.8 Å². The SMILES string of the molecule is CC[C@@H](C(=O)NC)N(Cc1ccccc1)C(=O)CN(c1ccccc1C)S(=O)(=O)c1ccc(Cl)cc1. The van der Waals surface area contributed by atoms with E-state index in [1.807, 2.05) is 37.3 Å². The van der Waals surface area contributed by atoms with E-state index in [1.165, 1.54) is 36.2 Å². The number of benzene rings is 3. The summed E-state index contributed by atoms with van der Waals surface area (Å²) in [5, 5.41) is 3.02. The second-order valence-corrected chi connectivity index (χ2v) is 10.6. The molecule has 0 spiro atoms. The summed E-state index contributed by atoms with van der Waals surface area (Å²) in [5.41, 5.74) is 1.90. The van der Waals surface area contributed by atoms with Crippen LogP contribution < -0.4 is 9.62 Å². The van der Waals surface area contributed by atoms with Crippen LogP contribution in [0.4, 0.5) is 5.69 Å². The predicted molar refractivity (Wildman–Crippen MR) is 142 cm³/mol. The molecule has 190 valence electrons. The maximum absolute atomic E-state index is 13.8. The lowest BCUT2D eigenvalue weighted by Gasteiger charge is -2.33. The first-order valence-corrected chi connectivity index (χ1v) is 13.4. The van der Waals surface area contributed by atoms with E-state index in [4.69, 9.17) is 11.6 Å². The van der Waals surface area contributed by atoms with Crippen molar-refractivity contribution in [1.82, 2.24) is 10.2 Å². The molecule has 2 amide bonds. The summed E-state index contributed by atoms with van der Waals surface area (Å²) in [6.45, 7) is 3.28. The highest BCUT2D eigenvalue weighted by Crippen LogP contribution is 2.28. The Morgan fingerprint density at radius 3 is 2.14 bits per heavy atom. The summed E-state index contributed by atoms with van der Waals surface area (Å²) >= 11 is 5.97. The van der Waals surface area contributed by atoms with Crippen LogP contribution in [0, 0.1) is 6.92 Å². The first-order valence-electron chi connectivity index (χ1n) is 11.6. The van der Waals surface area contributed by atoms with Crippen LogP contribution in [-0.2, 0) is 26.2 Å². The Kier molecular flexibility index (Phi) is 9.12. The molecule has 0 radical (unpaired) electrons. The van der Waals surface area contributed by atoms with Crippen LogP contribution in [0.15, 0.2) is 83.8 Å². The van der Waals surface area contributed by atoms with Gasteiger partial charge in [0.25, 0.3) is 10.0 Å². The van der Waals surface area contributed by atoms with Gasteiger partial charge in [0.2, 0.25) is 11.8 Å². The number of hydrogen-bond acceptors (Lipinski definition) is 4. The maximum Gasteiger partial charge on any atom is 0.264 e. The molecule has 0 aliphatic heterocycles. The van der Waals surface area contributed by atoms with E-state index in [0.717, 1.165) is 9.87 Å². The van der Waals surface area contributed by atoms with Crippen molar-refractivity contribution < 1.29 is 18.0 Å². The fourth-order valence-corrected chi connectivity index (χ4v) is 5.56. The molecule has 0 unspecified atom stereocenters. The molecule has 0 saturated heterocycles. The minimum Gasteiger partial charge on any atom is -0.357 e. The highest BCUT2D eigenvalue weighted by Gasteiger charge is 2.33. The highest BCUT2D eigenvalue weighted by atomic mass is 35.5. The van der Waals surface area contributed by atoms with E-state index in [2.05, 4.69) is 5.32 Å². The Morgan fingerprint density at radius 1 is 0.944 bits per heavy atom. The summed E-state index contributed by atoms with van der Waals surface area (Å²) in [7, 11) is -2.61. The summed E-state index contributed by atoms with van der Waals surface area (Å²) in [6.07, 6.45) is 0.368. The quantitative estimate of drug-likeness (QED) is 0.423. The van der Waals surface area contributed by atoms with Gasteiger partial charge in [-0.25, -0.2) is 8.42 Å². The Labute approximate surface area is 217 Å². The first kappa shape index (κ1) is 27.2. The van der Waals surface area contributed by atoms with E-state index in [0.29, 0.717) is 22.7 Å². The number of anilines is 1. The molecule has 0 aliphatic rings. The van der Waals surface area contributed by atoms with Gasteiger partial charge in [-0.2, -0.15) is 0 Å². The molecule has 1 N–H and O–H groups in total. The van der Waals surface area contributed by atoms with Crippen molar-refractivity contribution in [3.63, 3.8) is 0 Å². The van der Waals surface area contributed by atoms with Crippen molar-refractivity contribution in [3.05, 3.63) is 95.0 Å². The van der Waals surface area contributed by atoms with Gasteiger partial charge in [0.05, 0.1) is 10.6 Å². The molecular weight excluding hydrogens is 498 g/mol. The molecule has 7 nitrogen and oxygen atoms in total. The zero-order valence-electron chi connectivity index (χ0n) is 20.5. The number of para-hydroxylation sites is 1. The van der Waals surface area contributed by atoms with Gasteiger partial charge in [-0.1, -0.05) is 67.1 Å². The number of halogens is 1. The largest absolute Gasteiger partial charge is 0.357 e. The number of nitrogens with zero attached hydrogens (tertiary/aromatic N) is 2. The Bertz CT molecular complexity index is 1300. The van der Waals surface area contributed by atoms with E-state index in [-0.39, 0.29) is 17.3 Å². The van der Waals surface area contributed by atoms with Crippen molar-refractivity contribution >= 4 is 39.1 Å². The minimum absolute atomic E-state index is 0.0101. The van der Waals surface area contributed by atoms with Gasteiger partial charge >= 0.3 is 0 Å². The normalized spacial score (nSPS) is 12.0. The minimum atomic E-state index is -4.13. The average Bonchev–Trinajstić information content (AvgIpc) is 2.88. The molecule has 0 saturated carbocycles. The lowest BCUT2D eigenvalue weighted by atomic mass is 10.1. The molecule has 0 aromatic heterocycles. The Balaban J connectivity index is 2.06. The van der Waals surface area contributed by atoms with Crippen LogP contribution in [0.5, 0.6) is 0 Å². The monoisotopic (exact) mass is 527 g/mol. The molecule has 3 aromatic carbocycles. The Morgan fingerprint density at radius 2 is 1.56 bits per heavy atom. The third-order valence-electron chi connectivity index (χ3n) is 5.89. The van der Waals surface area contributed by atoms with E-state index in [1.54, 1.807) is 31.2 Å². The standard InChI is InChI=1S/C27H30ClN3O4S/c1-4-24(27(33)29-3)30(18-21-11-6-5-7-12-21)26(32)19-31(25-13-9-8-10-20(25)2)36(34,35)23-16-14-22(28)15-17-23/h5-17,24H,4,18-19H2,1-3H3,(H,29,33)/t24-/m0/s1. The topological polar surface area (TPSA) is 86.8 Å². The lowest BCUT2D eigenvalue weighted by molar-refractivity contribution is -0.140. The van der Waals surface area contributed by atoms with Gasteiger partial charge in [-0.3, -0.25) is 13.9 Å². The number of carbonyl (C=O) groups is 2. The van der Waals surface area contributed by atoms with Crippen LogP contribution in [0.1, 0.15) is 24.5 Å². The number of nitrogens with one attached hydrogen (secondary N) is 1. The van der Waals surface area contributed by atoms with Crippen LogP contribution in [0.2, 0.25) is 5.02 Å². The molecule has 1 atom stereocenters. The molecule has 36 heavy (non-hydrogen) atoms. The molecule has 0 heterocycles. The number of hydrogen-bond donors (Lipinski definition) is 1. The molecular formula is C27H30ClN3O4S. The first-order chi connectivity index (χ1) is 17.2. The van der Waals surface area contributed by atoms with E-state index in [9.17, 15) is 18.0 Å². The average molecular weight is 528 g/mol. The third-order valence-corrected chi connectivity index (χ3v) is 7.92. The van der Waals surface area contributed by atoms with Crippen molar-refractivity contribution in [2.24, 2.45) is 0 Å². The van der Waals surface area contributed by atoms with Gasteiger partial charge in [0, 0.05) is 18.6 Å². The molecule has 0 bridgehead atoms. The number of sulfonamides is 1. The fraction of sp³-hybridized carbons (Fsp3) is 0.259. The third kappa shape index (κ3) is 6.25. The Hall–Kier alpha value is -3.36. The number of rotatable bonds is 10. The zero-order chi connectivity index (χ0) is 26.3. The van der Waals surface area contributed by atoms with Gasteiger partial charge in [0.15, 0.2) is 0 Å². The number of carbonyl (C=O) groups excluding carboxylic acids is 2. The fourth-order valence-electron chi connectivity index (χ4n) is 3.96. The van der Waals surface area contributed by atoms with Crippen molar-refractivity contribution in [3.8, 4) is 0 Å². The molecule has 9 heteroatoms. The molecule has 0 aliphatic carbocycles. The van der Waals surface area contributed by atoms with Gasteiger partial charge in [-0.05, 0) is 54.8 Å². The van der Waals surface area contributed by atoms with E-state index >= 15 is 0 Å². The zero-order valence-corrected chi connectivity index (χ0v) is 22.1. The van der Waals surface area contributed by atoms with Crippen LogP contribution >= 0.6 is 11.6 Å². The van der Waals surface area contributed by atoms with Gasteiger partial charge < -0.3 is 10.2 Å². The number of amides is 2. The van der Waals surface area contributed by atoms with Crippen molar-refractivity contribution in [2.75, 3.05) is 17.9 Å². The second-order valence-electron chi connectivity index (χ2n) is 8.30. The summed E-state index contributed by atoms with van der Waals surface area (Å²) in [5.74, 6) is -0.806. The second kappa shape index (κ2) is 12.1. The summed E-state index contributed by atoms with van der Waals surface area (Å²) in [6, 6.07) is 21.3. The highest BCUT2D eigenvalue weighted by molar-refractivity contribution is 7.92. The van der Waals surface area contributed by atoms with Crippen LogP contribution in [0.25, 0.3) is 0 Å².